The van der Waals surface area contributed by atoms with Crippen LogP contribution in [0.4, 0.5) is 0 Å². The van der Waals surface area contributed by atoms with Crippen LogP contribution in [0.25, 0.3) is 0 Å². The van der Waals surface area contributed by atoms with Crippen LogP contribution in [0.5, 0.6) is 5.75 Å². The van der Waals surface area contributed by atoms with E-state index in [1.807, 2.05) is 13.0 Å². The second-order valence-electron chi connectivity index (χ2n) is 2.32. The van der Waals surface area contributed by atoms with Crippen LogP contribution in [-0.4, -0.2) is 6.61 Å². The van der Waals surface area contributed by atoms with E-state index in [0.717, 1.165) is 12.4 Å². The fourth-order valence-corrected chi connectivity index (χ4v) is 1.73. The van der Waals surface area contributed by atoms with Gasteiger partial charge in [-0.25, -0.2) is 0 Å². The SMILES string of the molecule is CCOc1c(C)cccc1I. The summed E-state index contributed by atoms with van der Waals surface area (Å²) in [7, 11) is 0. The molecule has 0 saturated heterocycles. The molecule has 0 fully saturated rings. The van der Waals surface area contributed by atoms with Crippen molar-refractivity contribution in [3.63, 3.8) is 0 Å². The van der Waals surface area contributed by atoms with Crippen molar-refractivity contribution >= 4 is 22.6 Å². The molecular formula is C9H11IO. The quantitative estimate of drug-likeness (QED) is 0.744. The number of hydrogen-bond acceptors (Lipinski definition) is 1. The smallest absolute Gasteiger partial charge is 0.135 e. The molecule has 0 spiro atoms. The summed E-state index contributed by atoms with van der Waals surface area (Å²) in [6.07, 6.45) is 0. The third-order valence-electron chi connectivity index (χ3n) is 1.45. The van der Waals surface area contributed by atoms with E-state index in [1.165, 1.54) is 9.13 Å². The maximum absolute atomic E-state index is 5.46. The second-order valence-corrected chi connectivity index (χ2v) is 3.48. The van der Waals surface area contributed by atoms with Crippen LogP contribution in [0.3, 0.4) is 0 Å². The standard InChI is InChI=1S/C9H11IO/c1-3-11-9-7(2)5-4-6-8(9)10/h4-6H,3H2,1-2H3. The molecule has 0 aromatic heterocycles. The number of hydrogen-bond donors (Lipinski definition) is 0. The molecule has 0 saturated carbocycles. The molecule has 0 atom stereocenters. The second kappa shape index (κ2) is 3.95. The predicted octanol–water partition coefficient (Wildman–Crippen LogP) is 3.00. The van der Waals surface area contributed by atoms with Gasteiger partial charge in [0, 0.05) is 0 Å². The Balaban J connectivity index is 3.00. The highest BCUT2D eigenvalue weighted by molar-refractivity contribution is 14.1. The van der Waals surface area contributed by atoms with Gasteiger partial charge >= 0.3 is 0 Å². The molecule has 0 N–H and O–H groups in total. The number of ether oxygens (including phenoxy) is 1. The fraction of sp³-hybridized carbons (Fsp3) is 0.333. The molecule has 0 unspecified atom stereocenters. The topological polar surface area (TPSA) is 9.23 Å². The number of para-hydroxylation sites is 1. The number of halogens is 1. The molecule has 1 nitrogen and oxygen atoms in total. The molecule has 1 rings (SSSR count). The van der Waals surface area contributed by atoms with E-state index < -0.39 is 0 Å². The van der Waals surface area contributed by atoms with Gasteiger partial charge in [-0.1, -0.05) is 12.1 Å². The number of aryl methyl sites for hydroxylation is 1. The Hall–Kier alpha value is -0.250. The maximum Gasteiger partial charge on any atom is 0.135 e. The minimum atomic E-state index is 0.737. The Morgan fingerprint density at radius 3 is 2.73 bits per heavy atom. The zero-order chi connectivity index (χ0) is 8.27. The molecular weight excluding hydrogens is 251 g/mol. The summed E-state index contributed by atoms with van der Waals surface area (Å²) in [4.78, 5) is 0. The Kier molecular flexibility index (Phi) is 3.17. The van der Waals surface area contributed by atoms with E-state index in [-0.39, 0.29) is 0 Å². The first-order valence-electron chi connectivity index (χ1n) is 3.63. The van der Waals surface area contributed by atoms with Gasteiger partial charge in [-0.2, -0.15) is 0 Å². The van der Waals surface area contributed by atoms with E-state index in [1.54, 1.807) is 0 Å². The predicted molar refractivity (Wildman–Crippen MR) is 55.1 cm³/mol. The molecule has 60 valence electrons. The highest BCUT2D eigenvalue weighted by Gasteiger charge is 2.01. The van der Waals surface area contributed by atoms with Gasteiger partial charge in [-0.05, 0) is 48.1 Å². The van der Waals surface area contributed by atoms with Crippen molar-refractivity contribution in [2.45, 2.75) is 13.8 Å². The lowest BCUT2D eigenvalue weighted by Gasteiger charge is -2.07. The lowest BCUT2D eigenvalue weighted by atomic mass is 10.2. The zero-order valence-corrected chi connectivity index (χ0v) is 8.88. The van der Waals surface area contributed by atoms with Gasteiger partial charge in [0.05, 0.1) is 10.2 Å². The van der Waals surface area contributed by atoms with Crippen molar-refractivity contribution in [3.8, 4) is 5.75 Å². The molecule has 0 aliphatic rings. The van der Waals surface area contributed by atoms with E-state index >= 15 is 0 Å². The lowest BCUT2D eigenvalue weighted by molar-refractivity contribution is 0.335. The van der Waals surface area contributed by atoms with Crippen LogP contribution >= 0.6 is 22.6 Å². The molecule has 0 aliphatic carbocycles. The monoisotopic (exact) mass is 262 g/mol. The molecule has 11 heavy (non-hydrogen) atoms. The molecule has 0 aliphatic heterocycles. The molecule has 0 heterocycles. The van der Waals surface area contributed by atoms with E-state index in [0.29, 0.717) is 0 Å². The summed E-state index contributed by atoms with van der Waals surface area (Å²) >= 11 is 2.28. The van der Waals surface area contributed by atoms with Gasteiger partial charge in [0.25, 0.3) is 0 Å². The van der Waals surface area contributed by atoms with E-state index in [2.05, 4.69) is 41.6 Å². The molecule has 0 bridgehead atoms. The lowest BCUT2D eigenvalue weighted by Crippen LogP contribution is -1.95. The molecule has 1 aromatic carbocycles. The minimum Gasteiger partial charge on any atom is -0.492 e. The summed E-state index contributed by atoms with van der Waals surface area (Å²) in [5.41, 5.74) is 1.21. The Labute approximate surface area is 80.9 Å². The largest absolute Gasteiger partial charge is 0.492 e. The summed E-state index contributed by atoms with van der Waals surface area (Å²) in [6, 6.07) is 6.16. The van der Waals surface area contributed by atoms with Gasteiger partial charge in [0.15, 0.2) is 0 Å². The zero-order valence-electron chi connectivity index (χ0n) is 6.73. The van der Waals surface area contributed by atoms with Crippen molar-refractivity contribution < 1.29 is 4.74 Å². The van der Waals surface area contributed by atoms with Crippen LogP contribution in [0.1, 0.15) is 12.5 Å². The summed E-state index contributed by atoms with van der Waals surface area (Å²) in [5.74, 6) is 1.02. The van der Waals surface area contributed by atoms with Crippen LogP contribution < -0.4 is 4.74 Å². The molecule has 1 aromatic rings. The van der Waals surface area contributed by atoms with E-state index in [4.69, 9.17) is 4.74 Å². The Bertz CT molecular complexity index is 225. The third-order valence-corrected chi connectivity index (χ3v) is 2.30. The van der Waals surface area contributed by atoms with Gasteiger partial charge in [-0.3, -0.25) is 0 Å². The van der Waals surface area contributed by atoms with Crippen LogP contribution in [0.15, 0.2) is 18.2 Å². The first kappa shape index (κ1) is 8.84. The van der Waals surface area contributed by atoms with E-state index in [9.17, 15) is 0 Å². The van der Waals surface area contributed by atoms with Crippen molar-refractivity contribution in [1.29, 1.82) is 0 Å². The van der Waals surface area contributed by atoms with Crippen LogP contribution in [-0.2, 0) is 0 Å². The van der Waals surface area contributed by atoms with Gasteiger partial charge in [0.1, 0.15) is 5.75 Å². The van der Waals surface area contributed by atoms with Crippen molar-refractivity contribution in [3.05, 3.63) is 27.3 Å². The van der Waals surface area contributed by atoms with Crippen LogP contribution in [0, 0.1) is 10.5 Å². The third kappa shape index (κ3) is 2.09. The number of rotatable bonds is 2. The van der Waals surface area contributed by atoms with Crippen molar-refractivity contribution in [2.24, 2.45) is 0 Å². The van der Waals surface area contributed by atoms with Crippen LogP contribution in [0.2, 0.25) is 0 Å². The first-order chi connectivity index (χ1) is 5.25. The van der Waals surface area contributed by atoms with Gasteiger partial charge in [-0.15, -0.1) is 0 Å². The molecule has 2 heteroatoms. The minimum absolute atomic E-state index is 0.737. The maximum atomic E-state index is 5.46. The first-order valence-corrected chi connectivity index (χ1v) is 4.71. The van der Waals surface area contributed by atoms with Crippen molar-refractivity contribution in [1.82, 2.24) is 0 Å². The fourth-order valence-electron chi connectivity index (χ4n) is 0.944. The van der Waals surface area contributed by atoms with Gasteiger partial charge < -0.3 is 4.74 Å². The Morgan fingerprint density at radius 1 is 1.45 bits per heavy atom. The average molecular weight is 262 g/mol. The molecule has 0 amide bonds. The average Bonchev–Trinajstić information content (AvgIpc) is 1.97. The highest BCUT2D eigenvalue weighted by atomic mass is 127. The van der Waals surface area contributed by atoms with Crippen molar-refractivity contribution in [2.75, 3.05) is 6.61 Å². The van der Waals surface area contributed by atoms with Gasteiger partial charge in [0.2, 0.25) is 0 Å². The normalized spacial score (nSPS) is 9.73. The summed E-state index contributed by atoms with van der Waals surface area (Å²) in [6.45, 7) is 4.80. The molecule has 0 radical (unpaired) electrons. The Morgan fingerprint density at radius 2 is 2.18 bits per heavy atom. The summed E-state index contributed by atoms with van der Waals surface area (Å²) in [5, 5.41) is 0. The highest BCUT2D eigenvalue weighted by Crippen LogP contribution is 2.24. The summed E-state index contributed by atoms with van der Waals surface area (Å²) < 4.78 is 6.64. The number of benzene rings is 1.